The summed E-state index contributed by atoms with van der Waals surface area (Å²) in [4.78, 5) is 67.0. The zero-order valence-corrected chi connectivity index (χ0v) is 68.2. The Hall–Kier alpha value is -2.40. The van der Waals surface area contributed by atoms with Gasteiger partial charge in [0.05, 0.1) is 6.10 Å². The van der Waals surface area contributed by atoms with E-state index in [1.165, 1.54) is 149 Å². The molecule has 8 saturated heterocycles. The molecule has 8 aliphatic rings. The number of ether oxygens (including phenoxy) is 1. The van der Waals surface area contributed by atoms with Gasteiger partial charge in [0.1, 0.15) is 0 Å². The molecule has 0 bridgehead atoms. The average Bonchev–Trinajstić information content (AvgIpc) is 1.73. The van der Waals surface area contributed by atoms with Crippen LogP contribution in [0, 0.1) is 11.8 Å². The van der Waals surface area contributed by atoms with Crippen molar-refractivity contribution in [3.05, 3.63) is 0 Å². The van der Waals surface area contributed by atoms with Gasteiger partial charge in [-0.25, -0.2) is 0 Å². The van der Waals surface area contributed by atoms with Gasteiger partial charge in [0, 0.05) is 133 Å². The Morgan fingerprint density at radius 1 is 0.400 bits per heavy atom. The lowest BCUT2D eigenvalue weighted by Gasteiger charge is -2.36. The minimum atomic E-state index is 0. The van der Waals surface area contributed by atoms with Gasteiger partial charge in [-0.2, -0.15) is 0 Å². The Labute approximate surface area is 594 Å². The highest BCUT2D eigenvalue weighted by Gasteiger charge is 2.26. The molecule has 0 aliphatic carbocycles. The molecule has 8 aliphatic heterocycles. The molecule has 0 aromatic carbocycles. The highest BCUT2D eigenvalue weighted by Crippen LogP contribution is 2.20. The first-order valence-corrected chi connectivity index (χ1v) is 39.1. The summed E-state index contributed by atoms with van der Waals surface area (Å²) < 4.78 is 4.75. The van der Waals surface area contributed by atoms with Gasteiger partial charge in [-0.05, 0) is 294 Å². The van der Waals surface area contributed by atoms with Crippen LogP contribution in [0.3, 0.4) is 0 Å². The SMILES string of the molecule is C.CC(=O)N1CCN(C(C)C)CC1.CC(C)N(C)C.CC(C)N1CCCC1.CC(C)N1CCCC1=O.CC(C)N1CCCCC1.CC(C)N1CCCCC1.CC(C)N1CCCCC1=O.CC(C)N1CCCCCC1.CC1CCN(C(C)C)C(=O)C1.CCC(C)C.COC(C)C. The summed E-state index contributed by atoms with van der Waals surface area (Å²) in [7, 11) is 5.85. The molecule has 0 aromatic heterocycles. The molecule has 15 heteroatoms. The standard InChI is InChI=1S/C9H18N2O.C9H17NO.C9H19N.C8H15NO.2C8H17N.C7H13NO.C7H15N.C5H13N.C5H12.C4H10O.CH4/c1-8(2)10-4-6-11(7-5-10)9(3)12;1-7(2)10-5-4-8(3)6-9(10)11;1-9(2)10-7-5-3-4-6-8-10;1-7(2)9-6-4-3-5-8(9)10;2*1-8(2)9-6-4-3-5-7-9;1-6(2)8-5-3-4-7(8)9;1-7(2)8-5-3-4-6-8;1-5(2)6(3)4;1-4-5(2)3;1-4(2)5-3;/h8H,4-7H2,1-3H3;7-8H,4-6H2,1-3H3;9H,3-8H2,1-2H3;7H,3-6H2,1-2H3;2*8H,3-7H2,1-2H3;6H,3-5H2,1-2H3;7H,3-6H2,1-2H3;5H,1-4H3;5H,4H2,1-3H3;4H,1-3H3;1H4. The summed E-state index contributed by atoms with van der Waals surface area (Å²) >= 11 is 0. The Morgan fingerprint density at radius 2 is 0.653 bits per heavy atom. The quantitative estimate of drug-likeness (QED) is 0.197. The van der Waals surface area contributed by atoms with E-state index in [-0.39, 0.29) is 13.3 Å². The highest BCUT2D eigenvalue weighted by molar-refractivity contribution is 5.78. The van der Waals surface area contributed by atoms with Crippen LogP contribution in [0.15, 0.2) is 0 Å². The van der Waals surface area contributed by atoms with Crippen LogP contribution in [0.4, 0.5) is 0 Å². The fraction of sp³-hybridized carbons (Fsp3) is 0.950. The Bertz CT molecular complexity index is 1720. The van der Waals surface area contributed by atoms with Crippen molar-refractivity contribution in [2.24, 2.45) is 11.8 Å². The first kappa shape index (κ1) is 99.0. The lowest BCUT2D eigenvalue weighted by atomic mass is 9.98. The summed E-state index contributed by atoms with van der Waals surface area (Å²) in [5.74, 6) is 2.68. The number of carbonyl (C=O) groups excluding carboxylic acids is 4. The average molecular weight is 1350 g/mol. The second-order valence-electron chi connectivity index (χ2n) is 31.2. The summed E-state index contributed by atoms with van der Waals surface area (Å²) in [6.45, 7) is 71.2. The van der Waals surface area contributed by atoms with Crippen LogP contribution < -0.4 is 0 Å². The van der Waals surface area contributed by atoms with Crippen molar-refractivity contribution in [2.75, 3.05) is 119 Å². The summed E-state index contributed by atoms with van der Waals surface area (Å²) in [6, 6.07) is 5.55. The minimum Gasteiger partial charge on any atom is -0.382 e. The second kappa shape index (κ2) is 60.4. The van der Waals surface area contributed by atoms with Crippen molar-refractivity contribution in [3.63, 3.8) is 0 Å². The molecule has 0 radical (unpaired) electrons. The fourth-order valence-electron chi connectivity index (χ4n) is 11.4. The van der Waals surface area contributed by atoms with Crippen LogP contribution in [-0.2, 0) is 23.9 Å². The van der Waals surface area contributed by atoms with Crippen LogP contribution in [-0.4, -0.2) is 252 Å². The number of methoxy groups -OCH3 is 1. The molecule has 1 atom stereocenters. The van der Waals surface area contributed by atoms with E-state index in [2.05, 4.69) is 196 Å². The van der Waals surface area contributed by atoms with E-state index in [0.717, 1.165) is 108 Å². The number of rotatable bonds is 11. The van der Waals surface area contributed by atoms with Crippen molar-refractivity contribution in [1.82, 2.24) is 49.0 Å². The molecule has 95 heavy (non-hydrogen) atoms. The van der Waals surface area contributed by atoms with Gasteiger partial charge >= 0.3 is 0 Å². The molecule has 0 spiro atoms. The largest absolute Gasteiger partial charge is 0.382 e. The Kier molecular flexibility index (Phi) is 62.9. The van der Waals surface area contributed by atoms with Crippen LogP contribution in [0.5, 0.6) is 0 Å². The first-order valence-electron chi connectivity index (χ1n) is 39.1. The van der Waals surface area contributed by atoms with Gasteiger partial charge in [-0.1, -0.05) is 67.2 Å². The normalized spacial score (nSPS) is 20.0. The van der Waals surface area contributed by atoms with Crippen molar-refractivity contribution in [3.8, 4) is 0 Å². The number of nitrogens with zero attached hydrogens (tertiary/aromatic N) is 10. The van der Waals surface area contributed by atoms with Gasteiger partial charge in [0.15, 0.2) is 0 Å². The number of hydrogen-bond acceptors (Lipinski definition) is 11. The molecule has 4 amide bonds. The van der Waals surface area contributed by atoms with Crippen molar-refractivity contribution in [1.29, 1.82) is 0 Å². The van der Waals surface area contributed by atoms with Gasteiger partial charge < -0.3 is 48.8 Å². The maximum atomic E-state index is 11.4. The lowest BCUT2D eigenvalue weighted by Crippen LogP contribution is -2.50. The molecule has 0 saturated carbocycles. The number of piperidine rings is 4. The van der Waals surface area contributed by atoms with Crippen LogP contribution in [0.2, 0.25) is 0 Å². The third-order valence-corrected chi connectivity index (χ3v) is 19.3. The predicted octanol–water partition coefficient (Wildman–Crippen LogP) is 16.8. The van der Waals surface area contributed by atoms with E-state index in [9.17, 15) is 19.2 Å². The third kappa shape index (κ3) is 53.2. The molecule has 8 heterocycles. The molecular weight excluding hydrogens is 1180 g/mol. The second-order valence-corrected chi connectivity index (χ2v) is 31.2. The zero-order chi connectivity index (χ0) is 72.5. The Balaban J connectivity index is -0.000000483. The number of carbonyl (C=O) groups is 4. The van der Waals surface area contributed by atoms with Gasteiger partial charge in [-0.3, -0.25) is 24.1 Å². The molecule has 0 N–H and O–H groups in total. The first-order chi connectivity index (χ1) is 44.0. The van der Waals surface area contributed by atoms with E-state index >= 15 is 0 Å². The van der Waals surface area contributed by atoms with Crippen molar-refractivity contribution < 1.29 is 23.9 Å². The van der Waals surface area contributed by atoms with E-state index in [1.54, 1.807) is 14.0 Å². The minimum absolute atomic E-state index is 0. The third-order valence-electron chi connectivity index (χ3n) is 19.3. The smallest absolute Gasteiger partial charge is 0.223 e. The van der Waals surface area contributed by atoms with E-state index in [0.29, 0.717) is 60.0 Å². The number of hydrogen-bond donors (Lipinski definition) is 0. The number of amides is 4. The summed E-state index contributed by atoms with van der Waals surface area (Å²) in [5.41, 5.74) is 0. The topological polar surface area (TPSA) is 110 Å². The van der Waals surface area contributed by atoms with E-state index in [4.69, 9.17) is 4.74 Å². The molecule has 570 valence electrons. The van der Waals surface area contributed by atoms with Crippen LogP contribution in [0.25, 0.3) is 0 Å². The Morgan fingerprint density at radius 3 is 0.874 bits per heavy atom. The summed E-state index contributed by atoms with van der Waals surface area (Å²) in [6.07, 6.45) is 25.6. The molecule has 8 rings (SSSR count). The van der Waals surface area contributed by atoms with E-state index < -0.39 is 0 Å². The molecule has 15 nitrogen and oxygen atoms in total. The maximum absolute atomic E-state index is 11.4. The maximum Gasteiger partial charge on any atom is 0.223 e. The zero-order valence-electron chi connectivity index (χ0n) is 68.2. The monoisotopic (exact) mass is 1350 g/mol. The highest BCUT2D eigenvalue weighted by atomic mass is 16.5. The number of piperazine rings is 1. The van der Waals surface area contributed by atoms with Crippen LogP contribution >= 0.6 is 0 Å². The molecular formula is C80H170N10O5. The molecule has 8 fully saturated rings. The van der Waals surface area contributed by atoms with Gasteiger partial charge in [0.25, 0.3) is 0 Å². The summed E-state index contributed by atoms with van der Waals surface area (Å²) in [5, 5.41) is 0. The molecule has 1 unspecified atom stereocenters. The van der Waals surface area contributed by atoms with Gasteiger partial charge in [-0.15, -0.1) is 0 Å². The molecule has 0 aromatic rings. The van der Waals surface area contributed by atoms with Crippen molar-refractivity contribution >= 4 is 23.6 Å². The lowest BCUT2D eigenvalue weighted by molar-refractivity contribution is -0.137. The fourth-order valence-corrected chi connectivity index (χ4v) is 11.4. The van der Waals surface area contributed by atoms with Crippen molar-refractivity contribution in [2.45, 2.75) is 369 Å². The predicted molar refractivity (Wildman–Crippen MR) is 416 cm³/mol. The van der Waals surface area contributed by atoms with Crippen LogP contribution in [0.1, 0.15) is 309 Å². The van der Waals surface area contributed by atoms with E-state index in [1.807, 2.05) is 33.4 Å². The van der Waals surface area contributed by atoms with Gasteiger partial charge in [0.2, 0.25) is 23.6 Å². The number of likely N-dealkylation sites (tertiary alicyclic amines) is 7.